The van der Waals surface area contributed by atoms with Gasteiger partial charge >= 0.3 is 11.9 Å². The summed E-state index contributed by atoms with van der Waals surface area (Å²) >= 11 is 0. The molecule has 0 saturated heterocycles. The van der Waals surface area contributed by atoms with E-state index in [4.69, 9.17) is 9.47 Å². The number of esters is 2. The normalized spacial score (nSPS) is 12.2. The summed E-state index contributed by atoms with van der Waals surface area (Å²) in [5.41, 5.74) is 0. The highest BCUT2D eigenvalue weighted by Crippen LogP contribution is 2.18. The van der Waals surface area contributed by atoms with Crippen LogP contribution in [0.2, 0.25) is 0 Å². The SMILES string of the molecule is CCCCCCCCCC/C=C\CCCCCCCCCCCCCCCCCCCCCCCCCC(=O)OC(CO)COC(=O)CCCCCCCCCCCCC/C=C\CCCCCCCCCC. The number of aliphatic hydroxyl groups is 1. The standard InChI is InChI=1S/C67H128O5/c1-3-5-7-9-11-13-15-17-19-21-23-25-27-28-29-30-31-32-33-34-35-36-37-38-40-42-44-46-48-50-52-54-56-58-60-62-67(70)72-65(63-68)64-71-66(69)61-59-57-55-53-51-49-47-45-43-41-39-26-24-22-20-18-16-14-12-10-8-6-4-2/h21-24,65,68H,3-20,25-64H2,1-2H3/b23-21-,24-22-. The third kappa shape index (κ3) is 60.9. The van der Waals surface area contributed by atoms with E-state index in [0.29, 0.717) is 12.8 Å². The van der Waals surface area contributed by atoms with Gasteiger partial charge in [0, 0.05) is 12.8 Å². The first kappa shape index (κ1) is 70.4. The molecule has 5 nitrogen and oxygen atoms in total. The monoisotopic (exact) mass is 1010 g/mol. The molecule has 0 aromatic carbocycles. The minimum absolute atomic E-state index is 0.0598. The summed E-state index contributed by atoms with van der Waals surface area (Å²) in [6.07, 6.45) is 82.0. The van der Waals surface area contributed by atoms with Crippen LogP contribution in [0.15, 0.2) is 24.3 Å². The van der Waals surface area contributed by atoms with Crippen LogP contribution in [-0.2, 0) is 19.1 Å². The third-order valence-electron chi connectivity index (χ3n) is 15.2. The van der Waals surface area contributed by atoms with Crippen LogP contribution in [0.1, 0.15) is 373 Å². The van der Waals surface area contributed by atoms with Crippen molar-refractivity contribution in [2.75, 3.05) is 13.2 Å². The van der Waals surface area contributed by atoms with Gasteiger partial charge in [0.2, 0.25) is 0 Å². The van der Waals surface area contributed by atoms with E-state index in [-0.39, 0.29) is 25.2 Å². The summed E-state index contributed by atoms with van der Waals surface area (Å²) in [4.78, 5) is 24.6. The fourth-order valence-corrected chi connectivity index (χ4v) is 10.3. The average Bonchev–Trinajstić information content (AvgIpc) is 3.38. The van der Waals surface area contributed by atoms with E-state index in [1.165, 1.54) is 308 Å². The first-order chi connectivity index (χ1) is 35.6. The molecule has 0 spiro atoms. The second-order valence-electron chi connectivity index (χ2n) is 22.5. The molecule has 0 aromatic rings. The van der Waals surface area contributed by atoms with Gasteiger partial charge in [0.15, 0.2) is 6.10 Å². The third-order valence-corrected chi connectivity index (χ3v) is 15.2. The maximum Gasteiger partial charge on any atom is 0.306 e. The largest absolute Gasteiger partial charge is 0.462 e. The maximum absolute atomic E-state index is 12.3. The van der Waals surface area contributed by atoms with Crippen molar-refractivity contribution in [3.8, 4) is 0 Å². The van der Waals surface area contributed by atoms with E-state index in [2.05, 4.69) is 38.2 Å². The van der Waals surface area contributed by atoms with E-state index in [9.17, 15) is 14.7 Å². The predicted octanol–water partition coefficient (Wildman–Crippen LogP) is 22.4. The Morgan fingerprint density at radius 2 is 0.514 bits per heavy atom. The number of carbonyl (C=O) groups is 2. The van der Waals surface area contributed by atoms with Crippen molar-refractivity contribution in [2.45, 2.75) is 380 Å². The van der Waals surface area contributed by atoms with Crippen LogP contribution in [0.4, 0.5) is 0 Å². The van der Waals surface area contributed by atoms with Crippen LogP contribution in [0.25, 0.3) is 0 Å². The number of carbonyl (C=O) groups excluding carboxylic acids is 2. The van der Waals surface area contributed by atoms with Gasteiger partial charge in [-0.05, 0) is 64.2 Å². The number of aliphatic hydroxyl groups excluding tert-OH is 1. The number of unbranched alkanes of at least 4 members (excludes halogenated alkanes) is 50. The highest BCUT2D eigenvalue weighted by molar-refractivity contribution is 5.70. The average molecular weight is 1010 g/mol. The Hall–Kier alpha value is -1.62. The Balaban J connectivity index is 3.38. The Morgan fingerprint density at radius 3 is 0.750 bits per heavy atom. The van der Waals surface area contributed by atoms with E-state index in [0.717, 1.165) is 38.5 Å². The highest BCUT2D eigenvalue weighted by Gasteiger charge is 2.16. The molecule has 0 heterocycles. The van der Waals surface area contributed by atoms with E-state index in [1.807, 2.05) is 0 Å². The summed E-state index contributed by atoms with van der Waals surface area (Å²) in [7, 11) is 0. The summed E-state index contributed by atoms with van der Waals surface area (Å²) in [6.45, 7) is 4.20. The molecule has 426 valence electrons. The van der Waals surface area contributed by atoms with Crippen LogP contribution < -0.4 is 0 Å². The molecule has 1 atom stereocenters. The van der Waals surface area contributed by atoms with Gasteiger partial charge in [0.25, 0.3) is 0 Å². The molecular formula is C67H128O5. The molecule has 0 aliphatic heterocycles. The molecule has 0 bridgehead atoms. The lowest BCUT2D eigenvalue weighted by Crippen LogP contribution is -2.28. The van der Waals surface area contributed by atoms with Gasteiger partial charge in [-0.1, -0.05) is 321 Å². The molecule has 0 saturated carbocycles. The van der Waals surface area contributed by atoms with Crippen molar-refractivity contribution in [1.82, 2.24) is 0 Å². The van der Waals surface area contributed by atoms with Gasteiger partial charge in [0.05, 0.1) is 6.61 Å². The second kappa shape index (κ2) is 63.7. The Bertz CT molecular complexity index is 1100. The van der Waals surface area contributed by atoms with Crippen molar-refractivity contribution >= 4 is 11.9 Å². The molecule has 5 heteroatoms. The van der Waals surface area contributed by atoms with Crippen molar-refractivity contribution in [2.24, 2.45) is 0 Å². The van der Waals surface area contributed by atoms with Gasteiger partial charge < -0.3 is 14.6 Å². The first-order valence-electron chi connectivity index (χ1n) is 32.9. The predicted molar refractivity (Wildman–Crippen MR) is 316 cm³/mol. The minimum atomic E-state index is -0.769. The van der Waals surface area contributed by atoms with Crippen LogP contribution in [-0.4, -0.2) is 36.4 Å². The summed E-state index contributed by atoms with van der Waals surface area (Å²) in [6, 6.07) is 0. The van der Waals surface area contributed by atoms with Crippen molar-refractivity contribution < 1.29 is 24.2 Å². The second-order valence-corrected chi connectivity index (χ2v) is 22.5. The number of hydrogen-bond acceptors (Lipinski definition) is 5. The summed E-state index contributed by atoms with van der Waals surface area (Å²) in [5.74, 6) is -0.568. The van der Waals surface area contributed by atoms with Crippen molar-refractivity contribution in [3.05, 3.63) is 24.3 Å². The van der Waals surface area contributed by atoms with E-state index >= 15 is 0 Å². The lowest BCUT2D eigenvalue weighted by Gasteiger charge is -2.15. The topological polar surface area (TPSA) is 72.8 Å². The Morgan fingerprint density at radius 1 is 0.306 bits per heavy atom. The lowest BCUT2D eigenvalue weighted by molar-refractivity contribution is -0.161. The van der Waals surface area contributed by atoms with Gasteiger partial charge in [-0.25, -0.2) is 0 Å². The lowest BCUT2D eigenvalue weighted by atomic mass is 10.0. The van der Waals surface area contributed by atoms with Crippen LogP contribution >= 0.6 is 0 Å². The molecule has 0 radical (unpaired) electrons. The van der Waals surface area contributed by atoms with Gasteiger partial charge in [-0.15, -0.1) is 0 Å². The zero-order valence-electron chi connectivity index (χ0n) is 49.0. The molecule has 0 aliphatic rings. The van der Waals surface area contributed by atoms with Gasteiger partial charge in [-0.3, -0.25) is 9.59 Å². The molecule has 0 aliphatic carbocycles. The molecule has 1 N–H and O–H groups in total. The minimum Gasteiger partial charge on any atom is -0.462 e. The highest BCUT2D eigenvalue weighted by atomic mass is 16.6. The number of hydrogen-bond donors (Lipinski definition) is 1. The van der Waals surface area contributed by atoms with Crippen LogP contribution in [0, 0.1) is 0 Å². The molecule has 0 amide bonds. The summed E-state index contributed by atoms with van der Waals surface area (Å²) < 4.78 is 10.7. The molecular weight excluding hydrogens is 885 g/mol. The molecule has 72 heavy (non-hydrogen) atoms. The molecule has 0 fully saturated rings. The fourth-order valence-electron chi connectivity index (χ4n) is 10.3. The zero-order chi connectivity index (χ0) is 52.0. The summed E-state index contributed by atoms with van der Waals surface area (Å²) in [5, 5.41) is 9.68. The Labute approximate surface area is 451 Å². The molecule has 0 rings (SSSR count). The number of allylic oxidation sites excluding steroid dienone is 4. The van der Waals surface area contributed by atoms with Gasteiger partial charge in [0.1, 0.15) is 6.61 Å². The van der Waals surface area contributed by atoms with Crippen LogP contribution in [0.5, 0.6) is 0 Å². The van der Waals surface area contributed by atoms with Crippen LogP contribution in [0.3, 0.4) is 0 Å². The zero-order valence-corrected chi connectivity index (χ0v) is 49.0. The van der Waals surface area contributed by atoms with E-state index < -0.39 is 6.10 Å². The number of ether oxygens (including phenoxy) is 2. The Kier molecular flexibility index (Phi) is 62.2. The molecule has 1 unspecified atom stereocenters. The smallest absolute Gasteiger partial charge is 0.306 e. The van der Waals surface area contributed by atoms with Crippen molar-refractivity contribution in [1.29, 1.82) is 0 Å². The first-order valence-corrected chi connectivity index (χ1v) is 32.9. The van der Waals surface area contributed by atoms with Crippen molar-refractivity contribution in [3.63, 3.8) is 0 Å². The van der Waals surface area contributed by atoms with E-state index in [1.54, 1.807) is 0 Å². The molecule has 0 aromatic heterocycles. The van der Waals surface area contributed by atoms with Gasteiger partial charge in [-0.2, -0.15) is 0 Å². The maximum atomic E-state index is 12.3. The quantitative estimate of drug-likeness (QED) is 0.0373. The number of rotatable bonds is 62. The fraction of sp³-hybridized carbons (Fsp3) is 0.910.